The number of nitrogens with one attached hydrogen (secondary N) is 1. The summed E-state index contributed by atoms with van der Waals surface area (Å²) in [7, 11) is 0. The highest BCUT2D eigenvalue weighted by Gasteiger charge is 2.20. The Balaban J connectivity index is 2.48. The molecule has 0 aliphatic rings. The third-order valence-electron chi connectivity index (χ3n) is 2.88. The minimum Gasteiger partial charge on any atom is -0.390 e. The van der Waals surface area contributed by atoms with Gasteiger partial charge in [-0.3, -0.25) is 0 Å². The predicted octanol–water partition coefficient (Wildman–Crippen LogP) is 2.68. The molecule has 0 aliphatic heterocycles. The highest BCUT2D eigenvalue weighted by molar-refractivity contribution is 5.23. The van der Waals surface area contributed by atoms with Crippen molar-refractivity contribution in [1.82, 2.24) is 5.32 Å². The van der Waals surface area contributed by atoms with Gasteiger partial charge in [-0.15, -0.1) is 0 Å². The molecule has 0 aromatic heterocycles. The zero-order chi connectivity index (χ0) is 12.9. The number of benzene rings is 1. The first-order chi connectivity index (χ1) is 7.89. The SMILES string of the molecule is Cc1cccc(CC(C)(O)CCNC(C)C)c1. The molecule has 0 fully saturated rings. The smallest absolute Gasteiger partial charge is 0.0672 e. The Morgan fingerprint density at radius 1 is 1.35 bits per heavy atom. The minimum absolute atomic E-state index is 0.477. The maximum Gasteiger partial charge on any atom is 0.0672 e. The average Bonchev–Trinajstić information content (AvgIpc) is 2.15. The van der Waals surface area contributed by atoms with Gasteiger partial charge in [-0.2, -0.15) is 0 Å². The third-order valence-corrected chi connectivity index (χ3v) is 2.88. The van der Waals surface area contributed by atoms with Crippen LogP contribution in [-0.4, -0.2) is 23.3 Å². The first kappa shape index (κ1) is 14.2. The summed E-state index contributed by atoms with van der Waals surface area (Å²) in [6.07, 6.45) is 1.49. The molecule has 96 valence electrons. The van der Waals surface area contributed by atoms with Gasteiger partial charge < -0.3 is 10.4 Å². The molecule has 1 rings (SSSR count). The summed E-state index contributed by atoms with van der Waals surface area (Å²) in [6.45, 7) is 9.09. The van der Waals surface area contributed by atoms with Crippen molar-refractivity contribution in [2.24, 2.45) is 0 Å². The third kappa shape index (κ3) is 5.85. The van der Waals surface area contributed by atoms with Crippen LogP contribution in [0, 0.1) is 6.92 Å². The zero-order valence-electron chi connectivity index (χ0n) is 11.5. The van der Waals surface area contributed by atoms with Gasteiger partial charge in [0.25, 0.3) is 0 Å². The predicted molar refractivity (Wildman–Crippen MR) is 73.3 cm³/mol. The first-order valence-corrected chi connectivity index (χ1v) is 6.40. The molecular weight excluding hydrogens is 210 g/mol. The van der Waals surface area contributed by atoms with Gasteiger partial charge in [0.15, 0.2) is 0 Å². The van der Waals surface area contributed by atoms with Crippen LogP contribution in [0.5, 0.6) is 0 Å². The van der Waals surface area contributed by atoms with Crippen LogP contribution in [0.25, 0.3) is 0 Å². The van der Waals surface area contributed by atoms with E-state index in [0.29, 0.717) is 12.5 Å². The largest absolute Gasteiger partial charge is 0.390 e. The highest BCUT2D eigenvalue weighted by Crippen LogP contribution is 2.17. The van der Waals surface area contributed by atoms with Gasteiger partial charge in [-0.05, 0) is 32.4 Å². The van der Waals surface area contributed by atoms with E-state index < -0.39 is 5.60 Å². The standard InChI is InChI=1S/C15H25NO/c1-12(2)16-9-8-15(4,17)11-14-7-5-6-13(3)10-14/h5-7,10,12,16-17H,8-9,11H2,1-4H3. The summed E-state index contributed by atoms with van der Waals surface area (Å²) < 4.78 is 0. The van der Waals surface area contributed by atoms with Crippen molar-refractivity contribution in [3.05, 3.63) is 35.4 Å². The number of aliphatic hydroxyl groups is 1. The lowest BCUT2D eigenvalue weighted by molar-refractivity contribution is 0.0511. The van der Waals surface area contributed by atoms with Gasteiger partial charge in [0.1, 0.15) is 0 Å². The summed E-state index contributed by atoms with van der Waals surface area (Å²) >= 11 is 0. The maximum atomic E-state index is 10.3. The second-order valence-electron chi connectivity index (χ2n) is 5.52. The summed E-state index contributed by atoms with van der Waals surface area (Å²) in [5.74, 6) is 0. The monoisotopic (exact) mass is 235 g/mol. The van der Waals surface area contributed by atoms with Gasteiger partial charge in [0.05, 0.1) is 5.60 Å². The van der Waals surface area contributed by atoms with Crippen molar-refractivity contribution in [3.63, 3.8) is 0 Å². The van der Waals surface area contributed by atoms with Crippen LogP contribution in [0.3, 0.4) is 0 Å². The van der Waals surface area contributed by atoms with Crippen LogP contribution >= 0.6 is 0 Å². The van der Waals surface area contributed by atoms with Gasteiger partial charge in [0.2, 0.25) is 0 Å². The normalized spacial score (nSPS) is 14.9. The van der Waals surface area contributed by atoms with Crippen molar-refractivity contribution in [2.45, 2.75) is 52.2 Å². The van der Waals surface area contributed by atoms with E-state index in [1.54, 1.807) is 0 Å². The molecule has 2 heteroatoms. The fourth-order valence-corrected chi connectivity index (χ4v) is 1.98. The molecule has 1 unspecified atom stereocenters. The lowest BCUT2D eigenvalue weighted by Gasteiger charge is -2.24. The Labute approximate surface area is 105 Å². The molecule has 2 nitrogen and oxygen atoms in total. The second-order valence-corrected chi connectivity index (χ2v) is 5.52. The van der Waals surface area contributed by atoms with E-state index in [1.807, 2.05) is 13.0 Å². The molecule has 1 aromatic rings. The van der Waals surface area contributed by atoms with E-state index in [4.69, 9.17) is 0 Å². The molecule has 2 N–H and O–H groups in total. The van der Waals surface area contributed by atoms with Crippen LogP contribution in [0.1, 0.15) is 38.3 Å². The Morgan fingerprint density at radius 3 is 2.65 bits per heavy atom. The van der Waals surface area contributed by atoms with Crippen LogP contribution in [0.15, 0.2) is 24.3 Å². The Kier molecular flexibility index (Phi) is 5.16. The fourth-order valence-electron chi connectivity index (χ4n) is 1.98. The van der Waals surface area contributed by atoms with Crippen LogP contribution in [-0.2, 0) is 6.42 Å². The Hall–Kier alpha value is -0.860. The van der Waals surface area contributed by atoms with E-state index in [2.05, 4.69) is 44.3 Å². The van der Waals surface area contributed by atoms with E-state index in [9.17, 15) is 5.11 Å². The number of hydrogen-bond acceptors (Lipinski definition) is 2. The van der Waals surface area contributed by atoms with Crippen LogP contribution in [0.4, 0.5) is 0 Å². The van der Waals surface area contributed by atoms with E-state index in [0.717, 1.165) is 13.0 Å². The lowest BCUT2D eigenvalue weighted by atomic mass is 9.92. The molecule has 0 saturated heterocycles. The first-order valence-electron chi connectivity index (χ1n) is 6.40. The van der Waals surface area contributed by atoms with Crippen molar-refractivity contribution < 1.29 is 5.11 Å². The zero-order valence-corrected chi connectivity index (χ0v) is 11.5. The highest BCUT2D eigenvalue weighted by atomic mass is 16.3. The van der Waals surface area contributed by atoms with Crippen molar-refractivity contribution in [3.8, 4) is 0 Å². The lowest BCUT2D eigenvalue weighted by Crippen LogP contribution is -2.34. The van der Waals surface area contributed by atoms with E-state index >= 15 is 0 Å². The van der Waals surface area contributed by atoms with Gasteiger partial charge in [-0.25, -0.2) is 0 Å². The molecule has 0 heterocycles. The van der Waals surface area contributed by atoms with E-state index in [1.165, 1.54) is 11.1 Å². The minimum atomic E-state index is -0.629. The quantitative estimate of drug-likeness (QED) is 0.794. The molecule has 0 bridgehead atoms. The molecule has 1 atom stereocenters. The molecular formula is C15H25NO. The maximum absolute atomic E-state index is 10.3. The Bertz CT molecular complexity index is 345. The Morgan fingerprint density at radius 2 is 2.06 bits per heavy atom. The molecule has 0 spiro atoms. The van der Waals surface area contributed by atoms with Gasteiger partial charge in [0, 0.05) is 12.5 Å². The molecule has 0 saturated carbocycles. The number of hydrogen-bond donors (Lipinski definition) is 2. The summed E-state index contributed by atoms with van der Waals surface area (Å²) in [4.78, 5) is 0. The molecule has 17 heavy (non-hydrogen) atoms. The van der Waals surface area contributed by atoms with Crippen LogP contribution in [0.2, 0.25) is 0 Å². The molecule has 0 amide bonds. The number of rotatable bonds is 6. The summed E-state index contributed by atoms with van der Waals surface area (Å²) in [6, 6.07) is 8.83. The number of aryl methyl sites for hydroxylation is 1. The average molecular weight is 235 g/mol. The topological polar surface area (TPSA) is 32.3 Å². The van der Waals surface area contributed by atoms with Crippen molar-refractivity contribution >= 4 is 0 Å². The second kappa shape index (κ2) is 6.18. The van der Waals surface area contributed by atoms with Gasteiger partial charge in [-0.1, -0.05) is 43.7 Å². The summed E-state index contributed by atoms with van der Waals surface area (Å²) in [5, 5.41) is 13.7. The van der Waals surface area contributed by atoms with Crippen LogP contribution < -0.4 is 5.32 Å². The van der Waals surface area contributed by atoms with Crippen molar-refractivity contribution in [1.29, 1.82) is 0 Å². The molecule has 1 aromatic carbocycles. The molecule has 0 aliphatic carbocycles. The fraction of sp³-hybridized carbons (Fsp3) is 0.600. The molecule has 0 radical (unpaired) electrons. The summed E-state index contributed by atoms with van der Waals surface area (Å²) in [5.41, 5.74) is 1.83. The van der Waals surface area contributed by atoms with Crippen molar-refractivity contribution in [2.75, 3.05) is 6.54 Å². The van der Waals surface area contributed by atoms with Gasteiger partial charge >= 0.3 is 0 Å². The van der Waals surface area contributed by atoms with E-state index in [-0.39, 0.29) is 0 Å².